The van der Waals surface area contributed by atoms with Crippen LogP contribution in [0.25, 0.3) is 0 Å². The van der Waals surface area contributed by atoms with Crippen molar-refractivity contribution in [2.24, 2.45) is 7.05 Å². The van der Waals surface area contributed by atoms with Crippen LogP contribution in [0.3, 0.4) is 0 Å². The number of hydrogen-bond donors (Lipinski definition) is 2. The molecule has 0 aliphatic heterocycles. The molecule has 0 radical (unpaired) electrons. The van der Waals surface area contributed by atoms with E-state index in [4.69, 9.17) is 0 Å². The maximum Gasteiger partial charge on any atom is 0.255 e. The molecule has 2 aromatic rings. The number of pyridine rings is 1. The van der Waals surface area contributed by atoms with E-state index in [0.29, 0.717) is 11.4 Å². The topological polar surface area (TPSA) is 71.8 Å². The number of nitrogens with one attached hydrogen (secondary N) is 2. The number of nitrogens with zero attached hydrogens (tertiary/aromatic N) is 3. The van der Waals surface area contributed by atoms with Crippen molar-refractivity contribution in [3.63, 3.8) is 0 Å². The highest BCUT2D eigenvalue weighted by Gasteiger charge is 2.18. The van der Waals surface area contributed by atoms with Crippen molar-refractivity contribution in [2.75, 3.05) is 5.32 Å². The van der Waals surface area contributed by atoms with E-state index in [1.807, 2.05) is 40.9 Å². The van der Waals surface area contributed by atoms with Crippen LogP contribution < -0.4 is 10.6 Å². The van der Waals surface area contributed by atoms with E-state index in [-0.39, 0.29) is 18.0 Å². The van der Waals surface area contributed by atoms with Crippen molar-refractivity contribution in [3.8, 4) is 0 Å². The van der Waals surface area contributed by atoms with E-state index in [2.05, 4.69) is 20.7 Å². The quantitative estimate of drug-likeness (QED) is 0.889. The summed E-state index contributed by atoms with van der Waals surface area (Å²) in [5.74, 6) is 0.456. The summed E-state index contributed by atoms with van der Waals surface area (Å²) in [6.45, 7) is 7.91. The Bertz CT molecular complexity index is 662. The lowest BCUT2D eigenvalue weighted by Crippen LogP contribution is -2.28. The van der Waals surface area contributed by atoms with Crippen LogP contribution >= 0.6 is 0 Å². The fourth-order valence-corrected chi connectivity index (χ4v) is 2.37. The van der Waals surface area contributed by atoms with Gasteiger partial charge >= 0.3 is 0 Å². The molecule has 0 aromatic carbocycles. The summed E-state index contributed by atoms with van der Waals surface area (Å²) in [6, 6.07) is 3.63. The second-order valence-electron chi connectivity index (χ2n) is 5.74. The van der Waals surface area contributed by atoms with Gasteiger partial charge in [0.05, 0.1) is 17.3 Å². The summed E-state index contributed by atoms with van der Waals surface area (Å²) in [5, 5.41) is 10.5. The van der Waals surface area contributed by atoms with Crippen molar-refractivity contribution < 1.29 is 4.79 Å². The standard InChI is InChI=1S/C16H23N5O/c1-10(2)18-15-13(7-6-8-17-15)16(22)19-11(3)14-9-21(5)20-12(14)4/h6-11H,1-5H3,(H,17,18)(H,19,22). The molecule has 0 bridgehead atoms. The molecule has 0 spiro atoms. The molecule has 2 heterocycles. The van der Waals surface area contributed by atoms with Crippen LogP contribution in [0.2, 0.25) is 0 Å². The van der Waals surface area contributed by atoms with Crippen LogP contribution in [0.15, 0.2) is 24.5 Å². The van der Waals surface area contributed by atoms with Crippen LogP contribution in [-0.2, 0) is 7.05 Å². The molecule has 2 N–H and O–H groups in total. The fourth-order valence-electron chi connectivity index (χ4n) is 2.37. The van der Waals surface area contributed by atoms with Crippen LogP contribution in [0, 0.1) is 6.92 Å². The largest absolute Gasteiger partial charge is 0.367 e. The molecule has 6 nitrogen and oxygen atoms in total. The van der Waals surface area contributed by atoms with Gasteiger partial charge in [0.2, 0.25) is 0 Å². The normalized spacial score (nSPS) is 12.3. The Kier molecular flexibility index (Phi) is 4.80. The van der Waals surface area contributed by atoms with Gasteiger partial charge in [0.15, 0.2) is 0 Å². The predicted octanol–water partition coefficient (Wildman–Crippen LogP) is 2.43. The Balaban J connectivity index is 2.17. The second-order valence-corrected chi connectivity index (χ2v) is 5.74. The molecule has 118 valence electrons. The van der Waals surface area contributed by atoms with Gasteiger partial charge in [0, 0.05) is 31.0 Å². The van der Waals surface area contributed by atoms with Gasteiger partial charge in [0.1, 0.15) is 5.82 Å². The first-order valence-corrected chi connectivity index (χ1v) is 7.41. The van der Waals surface area contributed by atoms with Crippen molar-refractivity contribution in [1.29, 1.82) is 0 Å². The van der Waals surface area contributed by atoms with E-state index in [1.54, 1.807) is 23.0 Å². The van der Waals surface area contributed by atoms with Crippen LogP contribution in [0.4, 0.5) is 5.82 Å². The zero-order valence-electron chi connectivity index (χ0n) is 13.7. The molecule has 0 aliphatic rings. The Morgan fingerprint density at radius 3 is 2.64 bits per heavy atom. The number of carbonyl (C=O) groups is 1. The van der Waals surface area contributed by atoms with Gasteiger partial charge in [-0.25, -0.2) is 4.98 Å². The van der Waals surface area contributed by atoms with E-state index < -0.39 is 0 Å². The summed E-state index contributed by atoms with van der Waals surface area (Å²) >= 11 is 0. The molecule has 6 heteroatoms. The lowest BCUT2D eigenvalue weighted by atomic mass is 10.1. The summed E-state index contributed by atoms with van der Waals surface area (Å²) in [7, 11) is 1.87. The molecule has 2 rings (SSSR count). The minimum absolute atomic E-state index is 0.117. The average molecular weight is 301 g/mol. The van der Waals surface area contributed by atoms with Crippen molar-refractivity contribution in [3.05, 3.63) is 41.3 Å². The average Bonchev–Trinajstić information content (AvgIpc) is 2.77. The highest BCUT2D eigenvalue weighted by molar-refractivity contribution is 5.98. The van der Waals surface area contributed by atoms with Crippen LogP contribution in [-0.4, -0.2) is 26.7 Å². The smallest absolute Gasteiger partial charge is 0.255 e. The van der Waals surface area contributed by atoms with Gasteiger partial charge in [-0.2, -0.15) is 5.10 Å². The third-order valence-corrected chi connectivity index (χ3v) is 3.34. The molecule has 2 aromatic heterocycles. The molecule has 0 saturated heterocycles. The zero-order chi connectivity index (χ0) is 16.3. The van der Waals surface area contributed by atoms with Gasteiger partial charge in [0.25, 0.3) is 5.91 Å². The van der Waals surface area contributed by atoms with Gasteiger partial charge < -0.3 is 10.6 Å². The number of amides is 1. The Labute approximate surface area is 130 Å². The molecule has 0 aliphatic carbocycles. The number of hydrogen-bond acceptors (Lipinski definition) is 4. The molecule has 0 saturated carbocycles. The maximum absolute atomic E-state index is 12.5. The number of rotatable bonds is 5. The first-order chi connectivity index (χ1) is 10.4. The van der Waals surface area contributed by atoms with Crippen molar-refractivity contribution in [1.82, 2.24) is 20.1 Å². The predicted molar refractivity (Wildman–Crippen MR) is 86.8 cm³/mol. The minimum atomic E-state index is -0.146. The fraction of sp³-hybridized carbons (Fsp3) is 0.438. The van der Waals surface area contributed by atoms with Gasteiger partial charge in [-0.3, -0.25) is 9.48 Å². The molecule has 1 atom stereocenters. The van der Waals surface area contributed by atoms with Gasteiger partial charge in [-0.05, 0) is 39.8 Å². The first-order valence-electron chi connectivity index (χ1n) is 7.41. The van der Waals surface area contributed by atoms with Crippen LogP contribution in [0.5, 0.6) is 0 Å². The highest BCUT2D eigenvalue weighted by atomic mass is 16.1. The number of aryl methyl sites for hydroxylation is 2. The Morgan fingerprint density at radius 2 is 2.05 bits per heavy atom. The number of anilines is 1. The van der Waals surface area contributed by atoms with E-state index in [0.717, 1.165) is 11.3 Å². The third kappa shape index (κ3) is 3.63. The Morgan fingerprint density at radius 1 is 1.32 bits per heavy atom. The zero-order valence-corrected chi connectivity index (χ0v) is 13.7. The summed E-state index contributed by atoms with van der Waals surface area (Å²) < 4.78 is 1.75. The summed E-state index contributed by atoms with van der Waals surface area (Å²) in [4.78, 5) is 16.8. The minimum Gasteiger partial charge on any atom is -0.367 e. The first kappa shape index (κ1) is 16.0. The van der Waals surface area contributed by atoms with Gasteiger partial charge in [-0.1, -0.05) is 0 Å². The van der Waals surface area contributed by atoms with Gasteiger partial charge in [-0.15, -0.1) is 0 Å². The van der Waals surface area contributed by atoms with E-state index >= 15 is 0 Å². The van der Waals surface area contributed by atoms with Crippen molar-refractivity contribution in [2.45, 2.75) is 39.8 Å². The number of carbonyl (C=O) groups excluding carboxylic acids is 1. The molecule has 1 unspecified atom stereocenters. The molecular weight excluding hydrogens is 278 g/mol. The lowest BCUT2D eigenvalue weighted by Gasteiger charge is -2.16. The van der Waals surface area contributed by atoms with E-state index in [9.17, 15) is 4.79 Å². The lowest BCUT2D eigenvalue weighted by molar-refractivity contribution is 0.0940. The second kappa shape index (κ2) is 6.60. The molecule has 0 fully saturated rings. The molecule has 22 heavy (non-hydrogen) atoms. The monoisotopic (exact) mass is 301 g/mol. The Hall–Kier alpha value is -2.37. The van der Waals surface area contributed by atoms with Crippen molar-refractivity contribution >= 4 is 11.7 Å². The molecule has 1 amide bonds. The number of aromatic nitrogens is 3. The third-order valence-electron chi connectivity index (χ3n) is 3.34. The molecular formula is C16H23N5O. The summed E-state index contributed by atoms with van der Waals surface area (Å²) in [6.07, 6.45) is 3.60. The summed E-state index contributed by atoms with van der Waals surface area (Å²) in [5.41, 5.74) is 2.48. The highest BCUT2D eigenvalue weighted by Crippen LogP contribution is 2.18. The maximum atomic E-state index is 12.5. The van der Waals surface area contributed by atoms with E-state index in [1.165, 1.54) is 0 Å². The van der Waals surface area contributed by atoms with Crippen LogP contribution in [0.1, 0.15) is 48.4 Å². The SMILES string of the molecule is Cc1nn(C)cc1C(C)NC(=O)c1cccnc1NC(C)C.